The first-order valence-corrected chi connectivity index (χ1v) is 14.4. The number of pyridine rings is 1. The van der Waals surface area contributed by atoms with Crippen LogP contribution in [0.1, 0.15) is 32.3 Å². The lowest BCUT2D eigenvalue weighted by Gasteiger charge is -2.28. The summed E-state index contributed by atoms with van der Waals surface area (Å²) in [5.74, 6) is -0.941. The zero-order valence-corrected chi connectivity index (χ0v) is 23.1. The molecule has 5 rings (SSSR count). The molecule has 2 aliphatic rings. The minimum Gasteiger partial charge on any atom is -0.618 e. The van der Waals surface area contributed by atoms with Gasteiger partial charge in [-0.2, -0.15) is 9.04 Å². The van der Waals surface area contributed by atoms with Crippen molar-refractivity contribution in [1.29, 1.82) is 0 Å². The van der Waals surface area contributed by atoms with Gasteiger partial charge in [0.15, 0.2) is 12.0 Å². The summed E-state index contributed by atoms with van der Waals surface area (Å²) in [5.41, 5.74) is 1.19. The third-order valence-electron chi connectivity index (χ3n) is 7.30. The molecule has 3 aromatic rings. The molecule has 0 bridgehead atoms. The van der Waals surface area contributed by atoms with Crippen LogP contribution in [0.3, 0.4) is 0 Å². The van der Waals surface area contributed by atoms with E-state index in [0.29, 0.717) is 11.1 Å². The quantitative estimate of drug-likeness (QED) is 0.335. The van der Waals surface area contributed by atoms with Crippen LogP contribution < -0.4 is 14.8 Å². The number of fused-ring (bicyclic) bond motifs is 2. The number of nitrogens with zero attached hydrogens (tertiary/aromatic N) is 3. The predicted molar refractivity (Wildman–Crippen MR) is 142 cm³/mol. The summed E-state index contributed by atoms with van der Waals surface area (Å²) in [4.78, 5) is 41.0. The normalized spacial score (nSPS) is 20.2. The van der Waals surface area contributed by atoms with Gasteiger partial charge in [0.1, 0.15) is 17.7 Å². The fourth-order valence-electron chi connectivity index (χ4n) is 5.47. The number of benzene rings is 1. The molecule has 0 saturated carbocycles. The highest BCUT2D eigenvalue weighted by Gasteiger charge is 2.55. The molecule has 40 heavy (non-hydrogen) atoms. The summed E-state index contributed by atoms with van der Waals surface area (Å²) >= 11 is 0. The van der Waals surface area contributed by atoms with Gasteiger partial charge in [-0.05, 0) is 37.8 Å². The molecule has 1 aromatic carbocycles. The number of aryl methyl sites for hydroxylation is 1. The molecule has 2 aromatic heterocycles. The fraction of sp³-hybridized carbons (Fsp3) is 0.407. The number of carbonyl (C=O) groups is 3. The number of sulfonamides is 1. The van der Waals surface area contributed by atoms with E-state index in [1.54, 1.807) is 19.1 Å². The summed E-state index contributed by atoms with van der Waals surface area (Å²) < 4.78 is 38.8. The smallest absolute Gasteiger partial charge is 0.415 e. The van der Waals surface area contributed by atoms with Gasteiger partial charge >= 0.3 is 21.1 Å². The molecule has 0 radical (unpaired) electrons. The number of likely N-dealkylation sites (tertiary alicyclic amines) is 1. The van der Waals surface area contributed by atoms with Crippen molar-refractivity contribution < 1.29 is 36.7 Å². The molecule has 0 aliphatic carbocycles. The van der Waals surface area contributed by atoms with Crippen molar-refractivity contribution in [2.24, 2.45) is 5.92 Å². The molecule has 2 aliphatic heterocycles. The second-order valence-electron chi connectivity index (χ2n) is 10.4. The number of ketones is 1. The SMILES string of the molecule is Cc1c(OC(=O)NC(CC(C)C)C(=O)N2CCC3C2C(=O)CN3S(=O)(=O)c2cccc[n+]2[O-])oc2ccccc12. The van der Waals surface area contributed by atoms with E-state index in [-0.39, 0.29) is 36.0 Å². The minimum absolute atomic E-state index is 0.00215. The number of hydrogen-bond donors (Lipinski definition) is 1. The molecule has 2 fully saturated rings. The van der Waals surface area contributed by atoms with Crippen molar-refractivity contribution in [3.63, 3.8) is 0 Å². The Morgan fingerprint density at radius 3 is 2.62 bits per heavy atom. The average Bonchev–Trinajstić information content (AvgIpc) is 3.57. The van der Waals surface area contributed by atoms with Gasteiger partial charge in [-0.3, -0.25) is 9.59 Å². The molecule has 1 N–H and O–H groups in total. The van der Waals surface area contributed by atoms with E-state index in [9.17, 15) is 28.0 Å². The lowest BCUT2D eigenvalue weighted by molar-refractivity contribution is -0.646. The van der Waals surface area contributed by atoms with Crippen molar-refractivity contribution in [2.75, 3.05) is 13.1 Å². The highest BCUT2D eigenvalue weighted by Crippen LogP contribution is 2.34. The Hall–Kier alpha value is -3.97. The zero-order valence-electron chi connectivity index (χ0n) is 22.3. The number of Topliss-reactive ketones (excluding diaryl/α,β-unsaturated/α-hetero) is 1. The van der Waals surface area contributed by atoms with Gasteiger partial charge in [-0.15, -0.1) is 0 Å². The number of nitrogens with one attached hydrogen (secondary N) is 1. The van der Waals surface area contributed by atoms with Crippen LogP contribution in [0.25, 0.3) is 11.0 Å². The molecule has 3 atom stereocenters. The predicted octanol–water partition coefficient (Wildman–Crippen LogP) is 2.12. The monoisotopic (exact) mass is 570 g/mol. The minimum atomic E-state index is -4.29. The topological polar surface area (TPSA) is 153 Å². The van der Waals surface area contributed by atoms with Crippen LogP contribution in [-0.2, 0) is 19.6 Å². The van der Waals surface area contributed by atoms with Crippen molar-refractivity contribution in [3.05, 3.63) is 59.4 Å². The van der Waals surface area contributed by atoms with Gasteiger partial charge < -0.3 is 24.6 Å². The average molecular weight is 571 g/mol. The number of amides is 2. The summed E-state index contributed by atoms with van der Waals surface area (Å²) in [5, 5.41) is 15.1. The van der Waals surface area contributed by atoms with Crippen molar-refractivity contribution >= 4 is 38.8 Å². The Morgan fingerprint density at radius 1 is 1.20 bits per heavy atom. The lowest BCUT2D eigenvalue weighted by Crippen LogP contribution is -2.53. The van der Waals surface area contributed by atoms with E-state index in [1.165, 1.54) is 23.1 Å². The second kappa shape index (κ2) is 10.5. The molecule has 12 nitrogen and oxygen atoms in total. The molecule has 3 unspecified atom stereocenters. The van der Waals surface area contributed by atoms with Crippen LogP contribution in [0.15, 0.2) is 58.1 Å². The van der Waals surface area contributed by atoms with E-state index in [2.05, 4.69) is 5.32 Å². The van der Waals surface area contributed by atoms with E-state index in [4.69, 9.17) is 9.15 Å². The fourth-order valence-corrected chi connectivity index (χ4v) is 7.12. The first-order valence-electron chi connectivity index (χ1n) is 13.0. The largest absolute Gasteiger partial charge is 0.618 e. The molecular weight excluding hydrogens is 540 g/mol. The summed E-state index contributed by atoms with van der Waals surface area (Å²) in [7, 11) is -4.29. The summed E-state index contributed by atoms with van der Waals surface area (Å²) in [6, 6.07) is 8.38. The number of carbonyl (C=O) groups excluding carboxylic acids is 3. The maximum Gasteiger partial charge on any atom is 0.415 e. The summed E-state index contributed by atoms with van der Waals surface area (Å²) in [6.07, 6.45) is 0.658. The first kappa shape index (κ1) is 27.6. The van der Waals surface area contributed by atoms with Crippen LogP contribution in [0.2, 0.25) is 0 Å². The van der Waals surface area contributed by atoms with Gasteiger partial charge in [0.05, 0.1) is 12.6 Å². The van der Waals surface area contributed by atoms with E-state index < -0.39 is 57.5 Å². The van der Waals surface area contributed by atoms with Crippen LogP contribution in [-0.4, -0.2) is 66.6 Å². The van der Waals surface area contributed by atoms with Gasteiger partial charge in [-0.1, -0.05) is 32.0 Å². The maximum atomic E-state index is 13.7. The third-order valence-corrected chi connectivity index (χ3v) is 9.17. The van der Waals surface area contributed by atoms with Crippen molar-refractivity contribution in [3.8, 4) is 5.95 Å². The molecule has 212 valence electrons. The Kier molecular flexibility index (Phi) is 7.27. The third kappa shape index (κ3) is 4.90. The number of ether oxygens (including phenoxy) is 1. The number of hydrogen-bond acceptors (Lipinski definition) is 8. The maximum absolute atomic E-state index is 13.7. The van der Waals surface area contributed by atoms with Gasteiger partial charge in [-0.25, -0.2) is 13.2 Å². The van der Waals surface area contributed by atoms with Crippen LogP contribution in [0.5, 0.6) is 5.95 Å². The Bertz CT molecular complexity index is 1580. The number of rotatable bonds is 7. The first-order chi connectivity index (χ1) is 19.0. The number of furan rings is 1. The van der Waals surface area contributed by atoms with Crippen LogP contribution in [0, 0.1) is 18.0 Å². The molecular formula is C27H30N4O8S. The van der Waals surface area contributed by atoms with Crippen LogP contribution >= 0.6 is 0 Å². The van der Waals surface area contributed by atoms with Gasteiger partial charge in [0.25, 0.3) is 5.95 Å². The Labute approximate surface area is 231 Å². The molecule has 4 heterocycles. The highest BCUT2D eigenvalue weighted by atomic mass is 32.2. The number of aromatic nitrogens is 1. The second-order valence-corrected chi connectivity index (χ2v) is 12.3. The van der Waals surface area contributed by atoms with Crippen molar-refractivity contribution in [1.82, 2.24) is 14.5 Å². The van der Waals surface area contributed by atoms with Gasteiger partial charge in [0.2, 0.25) is 5.91 Å². The van der Waals surface area contributed by atoms with E-state index in [1.807, 2.05) is 26.0 Å². The lowest BCUT2D eigenvalue weighted by atomic mass is 10.0. The summed E-state index contributed by atoms with van der Waals surface area (Å²) in [6.45, 7) is 5.19. The molecule has 2 amide bonds. The number of para-hydroxylation sites is 1. The van der Waals surface area contributed by atoms with E-state index >= 15 is 0 Å². The van der Waals surface area contributed by atoms with E-state index in [0.717, 1.165) is 15.9 Å². The Morgan fingerprint density at radius 2 is 1.93 bits per heavy atom. The highest BCUT2D eigenvalue weighted by molar-refractivity contribution is 7.89. The zero-order chi connectivity index (χ0) is 28.8. The van der Waals surface area contributed by atoms with Gasteiger partial charge in [0, 0.05) is 29.6 Å². The molecule has 13 heteroatoms. The molecule has 2 saturated heterocycles. The van der Waals surface area contributed by atoms with Crippen molar-refractivity contribution in [2.45, 2.75) is 56.8 Å². The van der Waals surface area contributed by atoms with Crippen LogP contribution in [0.4, 0.5) is 4.79 Å². The standard InChI is InChI=1S/C27H30N4O8S/c1-16(2)14-19(28-27(34)39-26-17(3)18-8-4-5-9-22(18)38-26)25(33)29-13-11-20-24(29)21(32)15-31(20)40(36,37)23-10-6-7-12-30(23)35/h4-10,12,16,19-20,24H,11,13-15H2,1-3H3,(H,28,34). The Balaban J connectivity index is 1.34. The molecule has 0 spiro atoms.